The Morgan fingerprint density at radius 2 is 2.00 bits per heavy atom. The van der Waals surface area contributed by atoms with Crippen LogP contribution in [0.2, 0.25) is 5.02 Å². The van der Waals surface area contributed by atoms with Crippen LogP contribution in [0.25, 0.3) is 0 Å². The van der Waals surface area contributed by atoms with Crippen LogP contribution in [0.4, 0.5) is 5.69 Å². The molecule has 0 unspecified atom stereocenters. The van der Waals surface area contributed by atoms with E-state index in [9.17, 15) is 4.79 Å². The first-order valence-electron chi connectivity index (χ1n) is 5.39. The van der Waals surface area contributed by atoms with Crippen LogP contribution in [0.5, 0.6) is 0 Å². The summed E-state index contributed by atoms with van der Waals surface area (Å²) in [6.45, 7) is 0.423. The highest BCUT2D eigenvalue weighted by atomic mass is 35.5. The average molecular weight is 262 g/mol. The minimum atomic E-state index is -0.246. The summed E-state index contributed by atoms with van der Waals surface area (Å²) in [5.41, 5.74) is 7.39. The lowest BCUT2D eigenvalue weighted by Crippen LogP contribution is -2.23. The van der Waals surface area contributed by atoms with Crippen molar-refractivity contribution in [3.05, 3.63) is 58.9 Å². The molecule has 0 aliphatic rings. The summed E-state index contributed by atoms with van der Waals surface area (Å²) in [5, 5.41) is 3.06. The number of carbonyl (C=O) groups excluding carboxylic acids is 1. The number of rotatable bonds is 3. The molecule has 1 aromatic carbocycles. The molecule has 0 fully saturated rings. The van der Waals surface area contributed by atoms with Gasteiger partial charge in [-0.1, -0.05) is 17.7 Å². The summed E-state index contributed by atoms with van der Waals surface area (Å²) in [5.74, 6) is -0.246. The first-order valence-corrected chi connectivity index (χ1v) is 5.77. The fourth-order valence-electron chi connectivity index (χ4n) is 1.50. The molecule has 0 radical (unpaired) electrons. The molecule has 0 saturated heterocycles. The van der Waals surface area contributed by atoms with Crippen molar-refractivity contribution in [2.75, 3.05) is 5.73 Å². The Bertz CT molecular complexity index is 557. The summed E-state index contributed by atoms with van der Waals surface area (Å²) in [6, 6.07) is 8.66. The zero-order valence-corrected chi connectivity index (χ0v) is 10.3. The highest BCUT2D eigenvalue weighted by Gasteiger charge is 2.11. The molecule has 1 heterocycles. The van der Waals surface area contributed by atoms with Gasteiger partial charge < -0.3 is 11.1 Å². The first kappa shape index (κ1) is 12.4. The number of benzene rings is 1. The van der Waals surface area contributed by atoms with Crippen molar-refractivity contribution < 1.29 is 4.79 Å². The summed E-state index contributed by atoms with van der Waals surface area (Å²) in [6.07, 6.45) is 3.35. The van der Waals surface area contributed by atoms with Gasteiger partial charge in [0.05, 0.1) is 16.3 Å². The normalized spacial score (nSPS) is 10.1. The van der Waals surface area contributed by atoms with Crippen molar-refractivity contribution >= 4 is 23.2 Å². The minimum absolute atomic E-state index is 0.246. The highest BCUT2D eigenvalue weighted by Crippen LogP contribution is 2.22. The predicted octanol–water partition coefficient (Wildman–Crippen LogP) is 2.25. The molecular weight excluding hydrogens is 250 g/mol. The fraction of sp³-hybridized carbons (Fsp3) is 0.0769. The van der Waals surface area contributed by atoms with E-state index in [1.807, 2.05) is 12.1 Å². The summed E-state index contributed by atoms with van der Waals surface area (Å²) >= 11 is 5.97. The van der Waals surface area contributed by atoms with Gasteiger partial charge >= 0.3 is 0 Å². The standard InChI is InChI=1S/C13H12ClN3O/c14-12-10(2-1-3-11(12)15)13(18)17-8-9-4-6-16-7-5-9/h1-7H,8,15H2,(H,17,18). The van der Waals surface area contributed by atoms with E-state index in [0.29, 0.717) is 17.8 Å². The van der Waals surface area contributed by atoms with E-state index in [-0.39, 0.29) is 10.9 Å². The van der Waals surface area contributed by atoms with Crippen molar-refractivity contribution in [2.45, 2.75) is 6.54 Å². The van der Waals surface area contributed by atoms with Gasteiger partial charge in [-0.2, -0.15) is 0 Å². The van der Waals surface area contributed by atoms with E-state index in [1.54, 1.807) is 30.6 Å². The quantitative estimate of drug-likeness (QED) is 0.833. The number of aromatic nitrogens is 1. The Balaban J connectivity index is 2.07. The SMILES string of the molecule is Nc1cccc(C(=O)NCc2ccncc2)c1Cl. The maximum absolute atomic E-state index is 11.9. The van der Waals surface area contributed by atoms with Gasteiger partial charge in [-0.25, -0.2) is 0 Å². The van der Waals surface area contributed by atoms with E-state index in [1.165, 1.54) is 0 Å². The maximum Gasteiger partial charge on any atom is 0.253 e. The van der Waals surface area contributed by atoms with E-state index in [4.69, 9.17) is 17.3 Å². The minimum Gasteiger partial charge on any atom is -0.398 e. The first-order chi connectivity index (χ1) is 8.68. The Morgan fingerprint density at radius 1 is 1.28 bits per heavy atom. The lowest BCUT2D eigenvalue weighted by molar-refractivity contribution is 0.0951. The van der Waals surface area contributed by atoms with Crippen molar-refractivity contribution in [3.63, 3.8) is 0 Å². The number of pyridine rings is 1. The Hall–Kier alpha value is -2.07. The van der Waals surface area contributed by atoms with E-state index in [2.05, 4.69) is 10.3 Å². The van der Waals surface area contributed by atoms with Gasteiger partial charge in [0, 0.05) is 18.9 Å². The number of halogens is 1. The molecule has 1 amide bonds. The average Bonchev–Trinajstić information content (AvgIpc) is 2.40. The van der Waals surface area contributed by atoms with Crippen LogP contribution in [0.15, 0.2) is 42.7 Å². The number of nitrogens with one attached hydrogen (secondary N) is 1. The monoisotopic (exact) mass is 261 g/mol. The molecule has 0 bridgehead atoms. The van der Waals surface area contributed by atoms with Gasteiger partial charge in [0.2, 0.25) is 0 Å². The molecule has 3 N–H and O–H groups in total. The maximum atomic E-state index is 11.9. The Kier molecular flexibility index (Phi) is 3.79. The number of nitrogen functional groups attached to an aromatic ring is 1. The zero-order chi connectivity index (χ0) is 13.0. The second kappa shape index (κ2) is 5.51. The molecule has 0 aliphatic heterocycles. The van der Waals surface area contributed by atoms with Gasteiger partial charge in [0.25, 0.3) is 5.91 Å². The number of anilines is 1. The Morgan fingerprint density at radius 3 is 2.72 bits per heavy atom. The van der Waals surface area contributed by atoms with Gasteiger partial charge in [-0.3, -0.25) is 9.78 Å². The van der Waals surface area contributed by atoms with Gasteiger partial charge in [0.1, 0.15) is 0 Å². The van der Waals surface area contributed by atoms with Crippen LogP contribution in [-0.4, -0.2) is 10.9 Å². The number of amides is 1. The third kappa shape index (κ3) is 2.78. The van der Waals surface area contributed by atoms with Crippen LogP contribution >= 0.6 is 11.6 Å². The third-order valence-corrected chi connectivity index (χ3v) is 2.90. The largest absolute Gasteiger partial charge is 0.398 e. The van der Waals surface area contributed by atoms with Crippen molar-refractivity contribution in [1.29, 1.82) is 0 Å². The predicted molar refractivity (Wildman–Crippen MR) is 71.3 cm³/mol. The lowest BCUT2D eigenvalue weighted by Gasteiger charge is -2.08. The molecule has 1 aromatic heterocycles. The van der Waals surface area contributed by atoms with Gasteiger partial charge in [-0.15, -0.1) is 0 Å². The molecule has 92 valence electrons. The number of hydrogen-bond acceptors (Lipinski definition) is 3. The highest BCUT2D eigenvalue weighted by molar-refractivity contribution is 6.36. The third-order valence-electron chi connectivity index (χ3n) is 2.48. The van der Waals surface area contributed by atoms with Crippen LogP contribution in [0, 0.1) is 0 Å². The van der Waals surface area contributed by atoms with E-state index < -0.39 is 0 Å². The molecule has 0 saturated carbocycles. The van der Waals surface area contributed by atoms with Gasteiger partial charge in [0.15, 0.2) is 0 Å². The summed E-state index contributed by atoms with van der Waals surface area (Å²) in [4.78, 5) is 15.8. The molecule has 0 aliphatic carbocycles. The molecule has 5 heteroatoms. The smallest absolute Gasteiger partial charge is 0.253 e. The number of carbonyl (C=O) groups is 1. The molecule has 2 aromatic rings. The molecule has 0 atom stereocenters. The zero-order valence-electron chi connectivity index (χ0n) is 9.56. The van der Waals surface area contributed by atoms with Crippen molar-refractivity contribution in [1.82, 2.24) is 10.3 Å². The van der Waals surface area contributed by atoms with Crippen LogP contribution in [-0.2, 0) is 6.54 Å². The summed E-state index contributed by atoms with van der Waals surface area (Å²) < 4.78 is 0. The Labute approximate surface area is 110 Å². The molecule has 18 heavy (non-hydrogen) atoms. The number of hydrogen-bond donors (Lipinski definition) is 2. The fourth-order valence-corrected chi connectivity index (χ4v) is 1.72. The van der Waals surface area contributed by atoms with E-state index >= 15 is 0 Å². The topological polar surface area (TPSA) is 68.0 Å². The molecular formula is C13H12ClN3O. The molecule has 2 rings (SSSR count). The summed E-state index contributed by atoms with van der Waals surface area (Å²) in [7, 11) is 0. The lowest BCUT2D eigenvalue weighted by atomic mass is 10.2. The van der Waals surface area contributed by atoms with Crippen LogP contribution in [0.1, 0.15) is 15.9 Å². The number of nitrogens with two attached hydrogens (primary N) is 1. The second-order valence-corrected chi connectivity index (χ2v) is 4.12. The molecule has 0 spiro atoms. The van der Waals surface area contributed by atoms with Crippen molar-refractivity contribution in [3.8, 4) is 0 Å². The van der Waals surface area contributed by atoms with Crippen molar-refractivity contribution in [2.24, 2.45) is 0 Å². The van der Waals surface area contributed by atoms with E-state index in [0.717, 1.165) is 5.56 Å². The van der Waals surface area contributed by atoms with Gasteiger partial charge in [-0.05, 0) is 29.8 Å². The number of nitrogens with zero attached hydrogens (tertiary/aromatic N) is 1. The second-order valence-electron chi connectivity index (χ2n) is 3.75. The van der Waals surface area contributed by atoms with Crippen LogP contribution in [0.3, 0.4) is 0 Å². The molecule has 4 nitrogen and oxygen atoms in total. The van der Waals surface area contributed by atoms with Crippen LogP contribution < -0.4 is 11.1 Å².